The van der Waals surface area contributed by atoms with Crippen LogP contribution in [0.2, 0.25) is 0 Å². The summed E-state index contributed by atoms with van der Waals surface area (Å²) in [6.45, 7) is 7.01. The predicted octanol–water partition coefficient (Wildman–Crippen LogP) is 2.56. The number of aliphatic hydroxyl groups is 1. The molecule has 5 heteroatoms. The summed E-state index contributed by atoms with van der Waals surface area (Å²) in [7, 11) is 0. The van der Waals surface area contributed by atoms with E-state index < -0.39 is 18.0 Å². The van der Waals surface area contributed by atoms with Gasteiger partial charge in [-0.2, -0.15) is 0 Å². The van der Waals surface area contributed by atoms with Crippen molar-refractivity contribution in [2.45, 2.75) is 52.4 Å². The van der Waals surface area contributed by atoms with Crippen LogP contribution in [0.3, 0.4) is 0 Å². The van der Waals surface area contributed by atoms with Gasteiger partial charge in [-0.3, -0.25) is 4.79 Å². The molecule has 0 saturated carbocycles. The van der Waals surface area contributed by atoms with Gasteiger partial charge in [0.25, 0.3) is 5.91 Å². The van der Waals surface area contributed by atoms with Gasteiger partial charge >= 0.3 is 0 Å². The topological polar surface area (TPSA) is 58.6 Å². The minimum absolute atomic E-state index is 0.0531. The summed E-state index contributed by atoms with van der Waals surface area (Å²) in [5.74, 6) is -0.550. The van der Waals surface area contributed by atoms with E-state index >= 15 is 0 Å². The maximum Gasteiger partial charge on any atom is 0.260 e. The van der Waals surface area contributed by atoms with Crippen molar-refractivity contribution >= 4 is 5.91 Å². The highest BCUT2D eigenvalue weighted by molar-refractivity contribution is 5.81. The van der Waals surface area contributed by atoms with Crippen molar-refractivity contribution in [3.63, 3.8) is 0 Å². The van der Waals surface area contributed by atoms with E-state index in [-0.39, 0.29) is 17.7 Å². The van der Waals surface area contributed by atoms with E-state index in [1.54, 1.807) is 13.8 Å². The Labute approximate surface area is 119 Å². The zero-order valence-electron chi connectivity index (χ0n) is 12.3. The van der Waals surface area contributed by atoms with Gasteiger partial charge in [-0.25, -0.2) is 4.39 Å². The monoisotopic (exact) mass is 283 g/mol. The Morgan fingerprint density at radius 1 is 1.40 bits per heavy atom. The molecule has 0 fully saturated rings. The van der Waals surface area contributed by atoms with Crippen LogP contribution in [-0.2, 0) is 4.79 Å². The lowest BCUT2D eigenvalue weighted by molar-refractivity contribution is -0.127. The number of rotatable bonds is 6. The fourth-order valence-electron chi connectivity index (χ4n) is 1.66. The molecule has 0 bridgehead atoms. The van der Waals surface area contributed by atoms with Gasteiger partial charge < -0.3 is 15.2 Å². The van der Waals surface area contributed by atoms with Gasteiger partial charge in [0.1, 0.15) is 11.6 Å². The van der Waals surface area contributed by atoms with Crippen LogP contribution < -0.4 is 10.1 Å². The summed E-state index contributed by atoms with van der Waals surface area (Å²) in [6.07, 6.45) is -0.740. The zero-order chi connectivity index (χ0) is 15.3. The summed E-state index contributed by atoms with van der Waals surface area (Å²) in [5, 5.41) is 12.4. The highest BCUT2D eigenvalue weighted by Crippen LogP contribution is 2.26. The van der Waals surface area contributed by atoms with Crippen LogP contribution in [0.25, 0.3) is 0 Å². The first-order valence-electron chi connectivity index (χ1n) is 6.79. The molecule has 0 heterocycles. The molecule has 112 valence electrons. The lowest BCUT2D eigenvalue weighted by Gasteiger charge is -2.20. The molecule has 0 saturated heterocycles. The third-order valence-corrected chi connectivity index (χ3v) is 3.10. The molecule has 3 atom stereocenters. The molecule has 20 heavy (non-hydrogen) atoms. The molecule has 0 aliphatic rings. The maximum atomic E-state index is 13.3. The predicted molar refractivity (Wildman–Crippen MR) is 75.0 cm³/mol. The van der Waals surface area contributed by atoms with Crippen molar-refractivity contribution in [2.24, 2.45) is 0 Å². The highest BCUT2D eigenvalue weighted by Gasteiger charge is 2.19. The van der Waals surface area contributed by atoms with Crippen LogP contribution in [-0.4, -0.2) is 23.2 Å². The Morgan fingerprint density at radius 3 is 2.60 bits per heavy atom. The second-order valence-electron chi connectivity index (χ2n) is 4.94. The molecule has 1 rings (SSSR count). The van der Waals surface area contributed by atoms with E-state index in [1.807, 2.05) is 13.8 Å². The number of hydrogen-bond acceptors (Lipinski definition) is 3. The number of nitrogens with one attached hydrogen (secondary N) is 1. The molecule has 0 radical (unpaired) electrons. The average molecular weight is 283 g/mol. The Kier molecular flexibility index (Phi) is 5.95. The molecule has 1 aromatic rings. The van der Waals surface area contributed by atoms with Crippen molar-refractivity contribution in [3.8, 4) is 5.75 Å². The summed E-state index contributed by atoms with van der Waals surface area (Å²) < 4.78 is 18.7. The third-order valence-electron chi connectivity index (χ3n) is 3.10. The quantitative estimate of drug-likeness (QED) is 0.843. The van der Waals surface area contributed by atoms with Crippen LogP contribution in [0, 0.1) is 5.82 Å². The Hall–Kier alpha value is -1.62. The van der Waals surface area contributed by atoms with Crippen LogP contribution in [0.1, 0.15) is 45.8 Å². The highest BCUT2D eigenvalue weighted by atomic mass is 19.1. The van der Waals surface area contributed by atoms with E-state index in [0.717, 1.165) is 6.42 Å². The first kappa shape index (κ1) is 16.4. The first-order valence-corrected chi connectivity index (χ1v) is 6.79. The summed E-state index contributed by atoms with van der Waals surface area (Å²) in [4.78, 5) is 11.9. The van der Waals surface area contributed by atoms with Crippen LogP contribution in [0.5, 0.6) is 5.75 Å². The van der Waals surface area contributed by atoms with E-state index in [1.165, 1.54) is 18.2 Å². The van der Waals surface area contributed by atoms with E-state index in [2.05, 4.69) is 5.32 Å². The fraction of sp³-hybridized carbons (Fsp3) is 0.533. The Morgan fingerprint density at radius 2 is 2.05 bits per heavy atom. The number of benzene rings is 1. The van der Waals surface area contributed by atoms with Crippen molar-refractivity contribution in [3.05, 3.63) is 29.6 Å². The van der Waals surface area contributed by atoms with Crippen molar-refractivity contribution in [1.82, 2.24) is 5.32 Å². The van der Waals surface area contributed by atoms with Crippen molar-refractivity contribution in [2.75, 3.05) is 0 Å². The number of carbonyl (C=O) groups is 1. The lowest BCUT2D eigenvalue weighted by Crippen LogP contribution is -2.41. The molecule has 0 aromatic heterocycles. The van der Waals surface area contributed by atoms with Gasteiger partial charge in [0.2, 0.25) is 0 Å². The Bertz CT molecular complexity index is 462. The second kappa shape index (κ2) is 7.24. The molecular formula is C15H22FNO3. The molecule has 2 unspecified atom stereocenters. The van der Waals surface area contributed by atoms with E-state index in [0.29, 0.717) is 5.56 Å². The molecular weight excluding hydrogens is 261 g/mol. The van der Waals surface area contributed by atoms with Gasteiger partial charge in [0.05, 0.1) is 6.10 Å². The maximum absolute atomic E-state index is 13.3. The average Bonchev–Trinajstić information content (AvgIpc) is 2.38. The Balaban J connectivity index is 2.81. The van der Waals surface area contributed by atoms with Gasteiger partial charge in [0, 0.05) is 17.7 Å². The standard InChI is InChI=1S/C15H22FNO3/c1-5-9(2)17-15(19)11(4)20-14-8-12(16)6-7-13(14)10(3)18/h6-11,18H,5H2,1-4H3,(H,17,19)/t9?,10-,11?/m0/s1. The van der Waals surface area contributed by atoms with Gasteiger partial charge in [-0.05, 0) is 39.3 Å². The van der Waals surface area contributed by atoms with Crippen molar-refractivity contribution in [1.29, 1.82) is 0 Å². The van der Waals surface area contributed by atoms with E-state index in [9.17, 15) is 14.3 Å². The number of aliphatic hydroxyl groups excluding tert-OH is 1. The number of amides is 1. The number of ether oxygens (including phenoxy) is 1. The zero-order valence-corrected chi connectivity index (χ0v) is 12.3. The molecule has 1 amide bonds. The normalized spacial score (nSPS) is 15.3. The fourth-order valence-corrected chi connectivity index (χ4v) is 1.66. The van der Waals surface area contributed by atoms with Gasteiger partial charge in [-0.15, -0.1) is 0 Å². The largest absolute Gasteiger partial charge is 0.480 e. The second-order valence-corrected chi connectivity index (χ2v) is 4.94. The van der Waals surface area contributed by atoms with Crippen LogP contribution in [0.15, 0.2) is 18.2 Å². The molecule has 0 aliphatic heterocycles. The number of hydrogen-bond donors (Lipinski definition) is 2. The number of halogens is 1. The molecule has 0 aliphatic carbocycles. The summed E-state index contributed by atoms with van der Waals surface area (Å²) >= 11 is 0. The van der Waals surface area contributed by atoms with E-state index in [4.69, 9.17) is 4.74 Å². The minimum atomic E-state index is -0.796. The van der Waals surface area contributed by atoms with Crippen molar-refractivity contribution < 1.29 is 19.0 Å². The third kappa shape index (κ3) is 4.49. The molecule has 2 N–H and O–H groups in total. The first-order chi connectivity index (χ1) is 9.35. The van der Waals surface area contributed by atoms with Crippen LogP contribution in [0.4, 0.5) is 4.39 Å². The SMILES string of the molecule is CCC(C)NC(=O)C(C)Oc1cc(F)ccc1[C@H](C)O. The van der Waals surface area contributed by atoms with Gasteiger partial charge in [0.15, 0.2) is 6.10 Å². The summed E-state index contributed by atoms with van der Waals surface area (Å²) in [5.41, 5.74) is 0.453. The summed E-state index contributed by atoms with van der Waals surface area (Å²) in [6, 6.07) is 3.93. The molecule has 1 aromatic carbocycles. The van der Waals surface area contributed by atoms with Gasteiger partial charge in [-0.1, -0.05) is 6.92 Å². The molecule has 4 nitrogen and oxygen atoms in total. The van der Waals surface area contributed by atoms with Crippen LogP contribution >= 0.6 is 0 Å². The molecule has 0 spiro atoms. The minimum Gasteiger partial charge on any atom is -0.480 e. The lowest BCUT2D eigenvalue weighted by atomic mass is 10.1. The number of carbonyl (C=O) groups excluding carboxylic acids is 1. The smallest absolute Gasteiger partial charge is 0.260 e.